The molecule has 0 spiro atoms. The van der Waals surface area contributed by atoms with E-state index in [4.69, 9.17) is 9.47 Å². The van der Waals surface area contributed by atoms with Crippen LogP contribution in [0.4, 0.5) is 5.69 Å². The van der Waals surface area contributed by atoms with Crippen LogP contribution in [0.15, 0.2) is 71.1 Å². The highest BCUT2D eigenvalue weighted by atomic mass is 16.6. The van der Waals surface area contributed by atoms with Crippen molar-refractivity contribution in [3.63, 3.8) is 0 Å². The van der Waals surface area contributed by atoms with Crippen LogP contribution in [0.1, 0.15) is 56.6 Å². The Bertz CT molecular complexity index is 1260. The first-order chi connectivity index (χ1) is 16.7. The van der Waals surface area contributed by atoms with E-state index in [2.05, 4.69) is 5.32 Å². The highest BCUT2D eigenvalue weighted by molar-refractivity contribution is 6.04. The van der Waals surface area contributed by atoms with Gasteiger partial charge in [-0.05, 0) is 44.4 Å². The van der Waals surface area contributed by atoms with Crippen molar-refractivity contribution in [2.45, 2.75) is 51.6 Å². The standard InChI is InChI=1S/C27H28N2O6/c1-15(2)35-27(31)24-16(3)28-21-13-18(20-10-5-6-11-23(20)34-4)14-22(30)26(21)25(24)17-8-7-9-19(12-17)29(32)33/h5-12,15,18,25,28H,13-14H2,1-4H3. The number of esters is 1. The summed E-state index contributed by atoms with van der Waals surface area (Å²) in [6, 6.07) is 13.7. The summed E-state index contributed by atoms with van der Waals surface area (Å²) in [4.78, 5) is 37.8. The van der Waals surface area contributed by atoms with Crippen molar-refractivity contribution in [1.29, 1.82) is 0 Å². The molecule has 0 amide bonds. The first-order valence-electron chi connectivity index (χ1n) is 11.5. The largest absolute Gasteiger partial charge is 0.496 e. The Kier molecular flexibility index (Phi) is 6.73. The number of benzene rings is 2. The topological polar surface area (TPSA) is 108 Å². The van der Waals surface area contributed by atoms with Gasteiger partial charge in [0.1, 0.15) is 5.75 Å². The third kappa shape index (κ3) is 4.69. The predicted octanol–water partition coefficient (Wildman–Crippen LogP) is 4.92. The third-order valence-corrected chi connectivity index (χ3v) is 6.38. The molecule has 1 heterocycles. The van der Waals surface area contributed by atoms with Crippen molar-refractivity contribution >= 4 is 17.4 Å². The Morgan fingerprint density at radius 2 is 1.89 bits per heavy atom. The Morgan fingerprint density at radius 3 is 2.57 bits per heavy atom. The van der Waals surface area contributed by atoms with Crippen LogP contribution in [0, 0.1) is 10.1 Å². The van der Waals surface area contributed by atoms with Gasteiger partial charge >= 0.3 is 5.97 Å². The number of ether oxygens (including phenoxy) is 2. The van der Waals surface area contributed by atoms with E-state index in [9.17, 15) is 19.7 Å². The summed E-state index contributed by atoms with van der Waals surface area (Å²) in [5.41, 5.74) is 3.38. The van der Waals surface area contributed by atoms with Crippen LogP contribution in [-0.2, 0) is 14.3 Å². The summed E-state index contributed by atoms with van der Waals surface area (Å²) in [5.74, 6) is -0.814. The van der Waals surface area contributed by atoms with Crippen LogP contribution >= 0.6 is 0 Å². The average molecular weight is 477 g/mol. The van der Waals surface area contributed by atoms with Gasteiger partial charge in [0, 0.05) is 47.4 Å². The molecule has 1 aliphatic carbocycles. The molecular formula is C27H28N2O6. The normalized spacial score (nSPS) is 19.9. The maximum Gasteiger partial charge on any atom is 0.337 e. The van der Waals surface area contributed by atoms with E-state index in [1.165, 1.54) is 12.1 Å². The second kappa shape index (κ2) is 9.74. The van der Waals surface area contributed by atoms with E-state index in [1.807, 2.05) is 24.3 Å². The number of nitro groups is 1. The minimum Gasteiger partial charge on any atom is -0.496 e. The number of nitro benzene ring substituents is 1. The van der Waals surface area contributed by atoms with E-state index in [1.54, 1.807) is 40.0 Å². The van der Waals surface area contributed by atoms with Crippen LogP contribution in [0.25, 0.3) is 0 Å². The van der Waals surface area contributed by atoms with Crippen LogP contribution in [0.2, 0.25) is 0 Å². The van der Waals surface area contributed by atoms with Gasteiger partial charge in [-0.25, -0.2) is 4.79 Å². The van der Waals surface area contributed by atoms with Gasteiger partial charge in [-0.2, -0.15) is 0 Å². The molecule has 2 atom stereocenters. The maximum atomic E-state index is 13.7. The zero-order valence-corrected chi connectivity index (χ0v) is 20.2. The van der Waals surface area contributed by atoms with E-state index in [0.717, 1.165) is 5.56 Å². The van der Waals surface area contributed by atoms with Gasteiger partial charge in [-0.1, -0.05) is 30.3 Å². The number of para-hydroxylation sites is 1. The number of carbonyl (C=O) groups excluding carboxylic acids is 2. The van der Waals surface area contributed by atoms with E-state index >= 15 is 0 Å². The molecule has 8 heteroatoms. The number of hydrogen-bond acceptors (Lipinski definition) is 7. The van der Waals surface area contributed by atoms with Gasteiger partial charge in [0.2, 0.25) is 0 Å². The van der Waals surface area contributed by atoms with Gasteiger partial charge in [0.15, 0.2) is 5.78 Å². The highest BCUT2D eigenvalue weighted by Gasteiger charge is 2.42. The molecule has 4 rings (SSSR count). The monoisotopic (exact) mass is 476 g/mol. The van der Waals surface area contributed by atoms with Crippen molar-refractivity contribution < 1.29 is 24.0 Å². The van der Waals surface area contributed by atoms with Gasteiger partial charge in [-0.3, -0.25) is 14.9 Å². The SMILES string of the molecule is COc1ccccc1C1CC(=O)C2=C(C1)NC(C)=C(C(=O)OC(C)C)C2c1cccc([N+](=O)[O-])c1. The van der Waals surface area contributed by atoms with Crippen molar-refractivity contribution in [3.8, 4) is 5.75 Å². The van der Waals surface area contributed by atoms with Gasteiger partial charge in [-0.15, -0.1) is 0 Å². The first-order valence-corrected chi connectivity index (χ1v) is 11.5. The molecule has 2 aromatic rings. The fraction of sp³-hybridized carbons (Fsp3) is 0.333. The number of allylic oxidation sites excluding steroid dienone is 3. The fourth-order valence-corrected chi connectivity index (χ4v) is 4.96. The van der Waals surface area contributed by atoms with Gasteiger partial charge in [0.25, 0.3) is 5.69 Å². The summed E-state index contributed by atoms with van der Waals surface area (Å²) in [6.07, 6.45) is 0.412. The molecule has 2 unspecified atom stereocenters. The number of non-ortho nitro benzene ring substituents is 1. The summed E-state index contributed by atoms with van der Waals surface area (Å²) in [7, 11) is 1.60. The van der Waals surface area contributed by atoms with Crippen LogP contribution in [-0.4, -0.2) is 29.9 Å². The molecule has 1 aliphatic heterocycles. The Hall–Kier alpha value is -3.94. The zero-order valence-electron chi connectivity index (χ0n) is 20.2. The zero-order chi connectivity index (χ0) is 25.3. The Balaban J connectivity index is 1.83. The molecule has 0 bridgehead atoms. The summed E-state index contributed by atoms with van der Waals surface area (Å²) in [6.45, 7) is 5.27. The van der Waals surface area contributed by atoms with Crippen molar-refractivity contribution in [3.05, 3.63) is 92.3 Å². The fourth-order valence-electron chi connectivity index (χ4n) is 4.96. The molecule has 1 N–H and O–H groups in total. The second-order valence-electron chi connectivity index (χ2n) is 9.07. The molecular weight excluding hydrogens is 448 g/mol. The lowest BCUT2D eigenvalue weighted by Crippen LogP contribution is -2.36. The quantitative estimate of drug-likeness (QED) is 0.358. The lowest BCUT2D eigenvalue weighted by atomic mass is 9.71. The number of ketones is 1. The minimum absolute atomic E-state index is 0.104. The van der Waals surface area contributed by atoms with E-state index in [-0.39, 0.29) is 29.9 Å². The molecule has 2 aromatic carbocycles. The van der Waals surface area contributed by atoms with Gasteiger partial charge < -0.3 is 14.8 Å². The number of dihydropyridines is 1. The molecule has 0 saturated heterocycles. The average Bonchev–Trinajstić information content (AvgIpc) is 2.82. The van der Waals surface area contributed by atoms with Crippen molar-refractivity contribution in [2.75, 3.05) is 7.11 Å². The molecule has 2 aliphatic rings. The number of nitrogens with one attached hydrogen (secondary N) is 1. The molecule has 0 aromatic heterocycles. The van der Waals surface area contributed by atoms with Crippen LogP contribution in [0.3, 0.4) is 0 Å². The van der Waals surface area contributed by atoms with Crippen molar-refractivity contribution in [1.82, 2.24) is 5.32 Å². The van der Waals surface area contributed by atoms with Gasteiger partial charge in [0.05, 0.1) is 23.7 Å². The Morgan fingerprint density at radius 1 is 1.14 bits per heavy atom. The number of hydrogen-bond donors (Lipinski definition) is 1. The predicted molar refractivity (Wildman–Crippen MR) is 130 cm³/mol. The minimum atomic E-state index is -0.761. The molecule has 0 radical (unpaired) electrons. The highest BCUT2D eigenvalue weighted by Crippen LogP contribution is 2.47. The van der Waals surface area contributed by atoms with Crippen molar-refractivity contribution in [2.24, 2.45) is 0 Å². The third-order valence-electron chi connectivity index (χ3n) is 6.38. The van der Waals surface area contributed by atoms with E-state index < -0.39 is 16.8 Å². The molecule has 0 fully saturated rings. The van der Waals surface area contributed by atoms with Crippen LogP contribution < -0.4 is 10.1 Å². The number of Topliss-reactive ketones (excluding diaryl/α,β-unsaturated/α-hetero) is 1. The smallest absolute Gasteiger partial charge is 0.337 e. The summed E-state index contributed by atoms with van der Waals surface area (Å²) in [5, 5.41) is 14.8. The maximum absolute atomic E-state index is 13.7. The lowest BCUT2D eigenvalue weighted by Gasteiger charge is -2.37. The van der Waals surface area contributed by atoms with E-state index in [0.29, 0.717) is 40.3 Å². The number of nitrogens with zero attached hydrogens (tertiary/aromatic N) is 1. The lowest BCUT2D eigenvalue weighted by molar-refractivity contribution is -0.384. The number of rotatable bonds is 6. The van der Waals surface area contributed by atoms with Crippen LogP contribution in [0.5, 0.6) is 5.75 Å². The molecule has 0 saturated carbocycles. The first kappa shape index (κ1) is 24.2. The summed E-state index contributed by atoms with van der Waals surface area (Å²) < 4.78 is 11.0. The number of methoxy groups -OCH3 is 1. The molecule has 8 nitrogen and oxygen atoms in total. The summed E-state index contributed by atoms with van der Waals surface area (Å²) >= 11 is 0. The molecule has 35 heavy (non-hydrogen) atoms. The molecule has 182 valence electrons. The number of carbonyl (C=O) groups is 2. The second-order valence-corrected chi connectivity index (χ2v) is 9.07. The Labute approximate surface area is 203 Å².